The molecule has 0 saturated heterocycles. The van der Waals surface area contributed by atoms with Crippen LogP contribution in [0.1, 0.15) is 53.2 Å². The van der Waals surface area contributed by atoms with Crippen LogP contribution in [0.25, 0.3) is 0 Å². The van der Waals surface area contributed by atoms with E-state index in [9.17, 15) is 9.59 Å². The average Bonchev–Trinajstić information content (AvgIpc) is 3.36. The first-order chi connectivity index (χ1) is 15.0. The molecule has 8 nitrogen and oxygen atoms in total. The third-order valence-corrected chi connectivity index (χ3v) is 6.16. The Labute approximate surface area is 184 Å². The van der Waals surface area contributed by atoms with Gasteiger partial charge in [-0.3, -0.25) is 9.36 Å². The van der Waals surface area contributed by atoms with Gasteiger partial charge in [-0.1, -0.05) is 23.9 Å². The summed E-state index contributed by atoms with van der Waals surface area (Å²) in [4.78, 5) is 24.2. The van der Waals surface area contributed by atoms with Crippen molar-refractivity contribution in [2.75, 3.05) is 7.11 Å². The van der Waals surface area contributed by atoms with Crippen LogP contribution in [0.3, 0.4) is 0 Å². The fourth-order valence-corrected chi connectivity index (χ4v) is 4.04. The zero-order valence-corrected chi connectivity index (χ0v) is 18.2. The highest BCUT2D eigenvalue weighted by atomic mass is 32.2. The summed E-state index contributed by atoms with van der Waals surface area (Å²) < 4.78 is 12.2. The predicted octanol–water partition coefficient (Wildman–Crippen LogP) is 3.38. The molecule has 0 spiro atoms. The molecular weight excluding hydrogens is 416 g/mol. The topological polar surface area (TPSA) is 99.2 Å². The minimum absolute atomic E-state index is 0.0948. The highest BCUT2D eigenvalue weighted by Gasteiger charge is 2.31. The summed E-state index contributed by atoms with van der Waals surface area (Å²) in [6.45, 7) is 2.77. The predicted molar refractivity (Wildman–Crippen MR) is 115 cm³/mol. The fraction of sp³-hybridized carbons (Fsp3) is 0.364. The second kappa shape index (κ2) is 9.38. The van der Waals surface area contributed by atoms with Crippen LogP contribution in [0.2, 0.25) is 0 Å². The molecule has 2 aromatic heterocycles. The molecule has 1 fully saturated rings. The molecule has 31 heavy (non-hydrogen) atoms. The molecule has 1 atom stereocenters. The van der Waals surface area contributed by atoms with Gasteiger partial charge in [-0.15, -0.1) is 10.2 Å². The van der Waals surface area contributed by atoms with Crippen molar-refractivity contribution in [3.8, 4) is 0 Å². The molecule has 1 unspecified atom stereocenters. The molecule has 9 heteroatoms. The van der Waals surface area contributed by atoms with Crippen molar-refractivity contribution < 1.29 is 18.7 Å². The number of nitrogens with zero attached hydrogens (tertiary/aromatic N) is 3. The van der Waals surface area contributed by atoms with Crippen LogP contribution >= 0.6 is 11.8 Å². The lowest BCUT2D eigenvalue weighted by atomic mass is 10.1. The molecule has 1 amide bonds. The molecule has 1 N–H and O–H groups in total. The number of esters is 1. The summed E-state index contributed by atoms with van der Waals surface area (Å²) in [6.07, 6.45) is 3.88. The lowest BCUT2D eigenvalue weighted by Crippen LogP contribution is -2.30. The molecule has 1 saturated carbocycles. The van der Waals surface area contributed by atoms with E-state index in [0.717, 1.165) is 30.0 Å². The van der Waals surface area contributed by atoms with Crippen molar-refractivity contribution in [1.82, 2.24) is 20.1 Å². The van der Waals surface area contributed by atoms with Gasteiger partial charge in [0.15, 0.2) is 5.16 Å². The summed E-state index contributed by atoms with van der Waals surface area (Å²) in [5, 5.41) is 12.0. The summed E-state index contributed by atoms with van der Waals surface area (Å²) in [5.41, 5.74) is 1.37. The Morgan fingerprint density at radius 2 is 2.03 bits per heavy atom. The second-order valence-electron chi connectivity index (χ2n) is 7.45. The lowest BCUT2D eigenvalue weighted by molar-refractivity contribution is -0.120. The zero-order valence-electron chi connectivity index (χ0n) is 17.4. The minimum atomic E-state index is -0.384. The van der Waals surface area contributed by atoms with E-state index in [2.05, 4.69) is 20.1 Å². The molecule has 0 radical (unpaired) electrons. The number of furan rings is 1. The molecule has 4 rings (SSSR count). The lowest BCUT2D eigenvalue weighted by Gasteiger charge is -2.13. The summed E-state index contributed by atoms with van der Waals surface area (Å²) in [5.74, 6) is 1.74. The van der Waals surface area contributed by atoms with Gasteiger partial charge in [0.05, 0.1) is 30.7 Å². The Hall–Kier alpha value is -3.07. The number of carbonyl (C=O) groups is 2. The minimum Gasteiger partial charge on any atom is -0.467 e. The van der Waals surface area contributed by atoms with Crippen LogP contribution in [-0.4, -0.2) is 39.0 Å². The van der Waals surface area contributed by atoms with E-state index in [-0.39, 0.29) is 17.1 Å². The Bertz CT molecular complexity index is 1040. The van der Waals surface area contributed by atoms with Crippen LogP contribution in [-0.2, 0) is 22.6 Å². The highest BCUT2D eigenvalue weighted by Crippen LogP contribution is 2.40. The van der Waals surface area contributed by atoms with Crippen molar-refractivity contribution in [1.29, 1.82) is 0 Å². The number of methoxy groups -OCH3 is 1. The molecule has 1 aliphatic rings. The number of ether oxygens (including phenoxy) is 1. The molecule has 1 aliphatic carbocycles. The fourth-order valence-electron chi connectivity index (χ4n) is 3.16. The normalized spacial score (nSPS) is 14.3. The Morgan fingerprint density at radius 1 is 1.26 bits per heavy atom. The number of carbonyl (C=O) groups excluding carboxylic acids is 2. The van der Waals surface area contributed by atoms with E-state index in [4.69, 9.17) is 9.15 Å². The van der Waals surface area contributed by atoms with Gasteiger partial charge in [0.2, 0.25) is 5.91 Å². The molecule has 162 valence electrons. The zero-order chi connectivity index (χ0) is 21.8. The van der Waals surface area contributed by atoms with E-state index < -0.39 is 0 Å². The Kier molecular flexibility index (Phi) is 6.41. The maximum atomic E-state index is 12.6. The summed E-state index contributed by atoms with van der Waals surface area (Å²) in [6, 6.07) is 10.7. The molecule has 0 bridgehead atoms. The molecule has 2 heterocycles. The number of aromatic nitrogens is 3. The van der Waals surface area contributed by atoms with Gasteiger partial charge in [-0.2, -0.15) is 0 Å². The van der Waals surface area contributed by atoms with Crippen LogP contribution < -0.4 is 5.32 Å². The number of benzene rings is 1. The van der Waals surface area contributed by atoms with Crippen molar-refractivity contribution in [2.45, 2.75) is 49.2 Å². The highest BCUT2D eigenvalue weighted by molar-refractivity contribution is 8.00. The van der Waals surface area contributed by atoms with E-state index in [1.807, 2.05) is 19.1 Å². The second-order valence-corrected chi connectivity index (χ2v) is 8.75. The van der Waals surface area contributed by atoms with E-state index in [1.165, 1.54) is 18.9 Å². The molecular formula is C22H24N4O4S. The quantitative estimate of drug-likeness (QED) is 0.402. The molecule has 3 aromatic rings. The van der Waals surface area contributed by atoms with Gasteiger partial charge in [0.1, 0.15) is 11.6 Å². The largest absolute Gasteiger partial charge is 0.467 e. The van der Waals surface area contributed by atoms with Crippen LogP contribution in [0, 0.1) is 0 Å². The van der Waals surface area contributed by atoms with Gasteiger partial charge in [-0.05, 0) is 49.6 Å². The van der Waals surface area contributed by atoms with Gasteiger partial charge < -0.3 is 14.5 Å². The molecule has 1 aromatic carbocycles. The number of amides is 1. The van der Waals surface area contributed by atoms with Crippen LogP contribution in [0.15, 0.2) is 52.2 Å². The number of rotatable bonds is 9. The Balaban J connectivity index is 1.37. The third kappa shape index (κ3) is 5.16. The van der Waals surface area contributed by atoms with E-state index in [0.29, 0.717) is 29.7 Å². The van der Waals surface area contributed by atoms with Crippen molar-refractivity contribution in [2.24, 2.45) is 0 Å². The number of hydrogen-bond donors (Lipinski definition) is 1. The van der Waals surface area contributed by atoms with E-state index in [1.54, 1.807) is 30.5 Å². The first kappa shape index (κ1) is 21.2. The van der Waals surface area contributed by atoms with Gasteiger partial charge in [0, 0.05) is 12.5 Å². The number of hydrogen-bond acceptors (Lipinski definition) is 7. The van der Waals surface area contributed by atoms with Gasteiger partial charge >= 0.3 is 5.97 Å². The van der Waals surface area contributed by atoms with E-state index >= 15 is 0 Å². The van der Waals surface area contributed by atoms with Crippen LogP contribution in [0.4, 0.5) is 0 Å². The SMILES string of the molecule is COC(=O)c1ccc(CNC(=O)C(C)Sc2nnc(C3CC3)n2Cc2ccco2)cc1. The van der Waals surface area contributed by atoms with Crippen molar-refractivity contribution >= 4 is 23.6 Å². The maximum absolute atomic E-state index is 12.6. The van der Waals surface area contributed by atoms with Gasteiger partial charge in [-0.25, -0.2) is 4.79 Å². The van der Waals surface area contributed by atoms with Crippen LogP contribution in [0.5, 0.6) is 0 Å². The third-order valence-electron chi connectivity index (χ3n) is 5.08. The first-order valence-electron chi connectivity index (χ1n) is 10.1. The summed E-state index contributed by atoms with van der Waals surface area (Å²) in [7, 11) is 1.35. The molecule has 0 aliphatic heterocycles. The smallest absolute Gasteiger partial charge is 0.337 e. The Morgan fingerprint density at radius 3 is 2.68 bits per heavy atom. The maximum Gasteiger partial charge on any atom is 0.337 e. The summed E-state index contributed by atoms with van der Waals surface area (Å²) >= 11 is 1.39. The van der Waals surface area contributed by atoms with Gasteiger partial charge in [0.25, 0.3) is 0 Å². The number of thioether (sulfide) groups is 1. The van der Waals surface area contributed by atoms with Crippen molar-refractivity contribution in [3.05, 3.63) is 65.4 Å². The first-order valence-corrected chi connectivity index (χ1v) is 11.0. The standard InChI is InChI=1S/C22H24N4O4S/c1-14(20(27)23-12-15-5-7-17(8-6-15)21(28)29-2)31-22-25-24-19(16-9-10-16)26(22)13-18-4-3-11-30-18/h3-8,11,14,16H,9-10,12-13H2,1-2H3,(H,23,27). The number of nitrogens with one attached hydrogen (secondary N) is 1. The monoisotopic (exact) mass is 440 g/mol. The van der Waals surface area contributed by atoms with Crippen molar-refractivity contribution in [3.63, 3.8) is 0 Å². The average molecular weight is 441 g/mol.